The Hall–Kier alpha value is -1.82. The van der Waals surface area contributed by atoms with Crippen molar-refractivity contribution in [3.05, 3.63) is 52.8 Å². The van der Waals surface area contributed by atoms with Gasteiger partial charge in [-0.15, -0.1) is 0 Å². The van der Waals surface area contributed by atoms with Gasteiger partial charge in [0.2, 0.25) is 0 Å². The van der Waals surface area contributed by atoms with E-state index in [2.05, 4.69) is 15.5 Å². The second kappa shape index (κ2) is 5.66. The molecule has 3 nitrogen and oxygen atoms in total. The van der Waals surface area contributed by atoms with E-state index < -0.39 is 17.8 Å². The first-order valence-corrected chi connectivity index (χ1v) is 6.28. The molecule has 0 aliphatic heterocycles. The molecule has 0 spiro atoms. The van der Waals surface area contributed by atoms with Crippen LogP contribution >= 0.6 is 0 Å². The van der Waals surface area contributed by atoms with Crippen LogP contribution in [0, 0.1) is 6.92 Å². The molecule has 2 aromatic rings. The first-order valence-electron chi connectivity index (χ1n) is 6.28. The number of hydrogen-bond donors (Lipinski definition) is 2. The number of halogens is 3. The maximum atomic E-state index is 12.9. The van der Waals surface area contributed by atoms with Gasteiger partial charge in [-0.2, -0.15) is 18.3 Å². The van der Waals surface area contributed by atoms with Crippen molar-refractivity contribution in [1.82, 2.24) is 15.5 Å². The lowest BCUT2D eigenvalue weighted by molar-refractivity contribution is -0.138. The Bertz CT molecular complexity index is 575. The summed E-state index contributed by atoms with van der Waals surface area (Å²) in [4.78, 5) is 0. The molecule has 1 atom stereocenters. The summed E-state index contributed by atoms with van der Waals surface area (Å²) in [7, 11) is 0. The summed E-state index contributed by atoms with van der Waals surface area (Å²) in [6, 6.07) is 5.23. The number of aromatic nitrogens is 2. The van der Waals surface area contributed by atoms with Gasteiger partial charge < -0.3 is 5.32 Å². The zero-order valence-electron chi connectivity index (χ0n) is 11.3. The molecular formula is C14H16F3N3. The molecule has 0 fully saturated rings. The van der Waals surface area contributed by atoms with E-state index in [0.29, 0.717) is 6.54 Å². The Balaban J connectivity index is 2.14. The fraction of sp³-hybridized carbons (Fsp3) is 0.357. The molecule has 0 unspecified atom stereocenters. The van der Waals surface area contributed by atoms with Crippen LogP contribution in [-0.2, 0) is 12.7 Å². The monoisotopic (exact) mass is 283 g/mol. The van der Waals surface area contributed by atoms with Gasteiger partial charge in [0.15, 0.2) is 0 Å². The minimum Gasteiger partial charge on any atom is -0.306 e. The SMILES string of the molecule is Cc1[nH]ncc1CN[C@@H](C)c1ccccc1C(F)(F)F. The molecule has 0 aliphatic carbocycles. The van der Waals surface area contributed by atoms with E-state index in [-0.39, 0.29) is 5.56 Å². The zero-order valence-corrected chi connectivity index (χ0v) is 11.3. The largest absolute Gasteiger partial charge is 0.416 e. The molecule has 0 amide bonds. The fourth-order valence-electron chi connectivity index (χ4n) is 2.06. The molecule has 108 valence electrons. The number of rotatable bonds is 4. The normalized spacial score (nSPS) is 13.4. The molecule has 20 heavy (non-hydrogen) atoms. The van der Waals surface area contributed by atoms with E-state index in [1.807, 2.05) is 6.92 Å². The number of hydrogen-bond acceptors (Lipinski definition) is 2. The summed E-state index contributed by atoms with van der Waals surface area (Å²) in [5, 5.41) is 9.78. The van der Waals surface area contributed by atoms with Crippen LogP contribution < -0.4 is 5.32 Å². The number of aryl methyl sites for hydroxylation is 1. The number of nitrogens with one attached hydrogen (secondary N) is 2. The smallest absolute Gasteiger partial charge is 0.306 e. The third kappa shape index (κ3) is 3.19. The molecule has 1 aromatic carbocycles. The lowest BCUT2D eigenvalue weighted by Gasteiger charge is -2.19. The quantitative estimate of drug-likeness (QED) is 0.900. The van der Waals surface area contributed by atoms with Crippen molar-refractivity contribution >= 4 is 0 Å². The minimum absolute atomic E-state index is 0.251. The first kappa shape index (κ1) is 14.6. The van der Waals surface area contributed by atoms with E-state index in [1.165, 1.54) is 12.1 Å². The molecule has 1 heterocycles. The molecule has 0 saturated heterocycles. The number of aromatic amines is 1. The van der Waals surface area contributed by atoms with Crippen molar-refractivity contribution < 1.29 is 13.2 Å². The number of nitrogens with zero attached hydrogens (tertiary/aromatic N) is 1. The Kier molecular flexibility index (Phi) is 4.13. The van der Waals surface area contributed by atoms with Gasteiger partial charge in [0.25, 0.3) is 0 Å². The summed E-state index contributed by atoms with van der Waals surface area (Å²) < 4.78 is 38.8. The average Bonchev–Trinajstić information content (AvgIpc) is 2.80. The van der Waals surface area contributed by atoms with Gasteiger partial charge in [0, 0.05) is 23.8 Å². The van der Waals surface area contributed by atoms with E-state index >= 15 is 0 Å². The van der Waals surface area contributed by atoms with Crippen LogP contribution in [0.25, 0.3) is 0 Å². The third-order valence-corrected chi connectivity index (χ3v) is 3.27. The third-order valence-electron chi connectivity index (χ3n) is 3.27. The molecular weight excluding hydrogens is 267 g/mol. The Morgan fingerprint density at radius 3 is 2.60 bits per heavy atom. The first-order chi connectivity index (χ1) is 9.39. The maximum absolute atomic E-state index is 12.9. The Labute approximate surface area is 115 Å². The molecule has 1 aromatic heterocycles. The van der Waals surface area contributed by atoms with Gasteiger partial charge in [0.05, 0.1) is 11.8 Å². The molecule has 0 saturated carbocycles. The van der Waals surface area contributed by atoms with Crippen molar-refractivity contribution in [3.8, 4) is 0 Å². The molecule has 0 radical (unpaired) electrons. The second-order valence-corrected chi connectivity index (χ2v) is 4.71. The lowest BCUT2D eigenvalue weighted by Crippen LogP contribution is -2.21. The topological polar surface area (TPSA) is 40.7 Å². The van der Waals surface area contributed by atoms with Crippen molar-refractivity contribution in [2.24, 2.45) is 0 Å². The molecule has 0 aliphatic rings. The number of benzene rings is 1. The van der Waals surface area contributed by atoms with Crippen LogP contribution in [0.1, 0.15) is 35.3 Å². The molecule has 2 N–H and O–H groups in total. The van der Waals surface area contributed by atoms with Crippen molar-refractivity contribution in [3.63, 3.8) is 0 Å². The van der Waals surface area contributed by atoms with E-state index in [4.69, 9.17) is 0 Å². The Morgan fingerprint density at radius 1 is 1.30 bits per heavy atom. The highest BCUT2D eigenvalue weighted by Crippen LogP contribution is 2.34. The van der Waals surface area contributed by atoms with E-state index in [0.717, 1.165) is 17.3 Å². The van der Waals surface area contributed by atoms with Crippen LogP contribution in [0.4, 0.5) is 13.2 Å². The highest BCUT2D eigenvalue weighted by atomic mass is 19.4. The number of alkyl halides is 3. The fourth-order valence-corrected chi connectivity index (χ4v) is 2.06. The van der Waals surface area contributed by atoms with Gasteiger partial charge >= 0.3 is 6.18 Å². The van der Waals surface area contributed by atoms with Crippen molar-refractivity contribution in [2.45, 2.75) is 32.6 Å². The molecule has 2 rings (SSSR count). The van der Waals surface area contributed by atoms with Gasteiger partial charge in [-0.05, 0) is 25.5 Å². The van der Waals surface area contributed by atoms with Crippen molar-refractivity contribution in [1.29, 1.82) is 0 Å². The van der Waals surface area contributed by atoms with E-state index in [1.54, 1.807) is 19.2 Å². The molecule has 6 heteroatoms. The summed E-state index contributed by atoms with van der Waals surface area (Å²) in [6.07, 6.45) is -2.66. The highest BCUT2D eigenvalue weighted by molar-refractivity contribution is 5.32. The lowest BCUT2D eigenvalue weighted by atomic mass is 10.0. The average molecular weight is 283 g/mol. The standard InChI is InChI=1S/C14H16F3N3/c1-9-11(8-19-20-9)7-18-10(2)12-5-3-4-6-13(12)14(15,16)17/h3-6,8,10,18H,7H2,1-2H3,(H,19,20)/t10-/m0/s1. The van der Waals surface area contributed by atoms with Crippen LogP contribution in [-0.4, -0.2) is 10.2 Å². The zero-order chi connectivity index (χ0) is 14.8. The van der Waals surface area contributed by atoms with Crippen LogP contribution in [0.5, 0.6) is 0 Å². The second-order valence-electron chi connectivity index (χ2n) is 4.71. The highest BCUT2D eigenvalue weighted by Gasteiger charge is 2.34. The summed E-state index contributed by atoms with van der Waals surface area (Å²) >= 11 is 0. The van der Waals surface area contributed by atoms with Crippen LogP contribution in [0.3, 0.4) is 0 Å². The van der Waals surface area contributed by atoms with E-state index in [9.17, 15) is 13.2 Å². The summed E-state index contributed by atoms with van der Waals surface area (Å²) in [5.74, 6) is 0. The van der Waals surface area contributed by atoms with Gasteiger partial charge in [-0.3, -0.25) is 5.10 Å². The summed E-state index contributed by atoms with van der Waals surface area (Å²) in [5.41, 5.74) is 1.51. The molecule has 0 bridgehead atoms. The van der Waals surface area contributed by atoms with Crippen LogP contribution in [0.2, 0.25) is 0 Å². The van der Waals surface area contributed by atoms with Crippen molar-refractivity contribution in [2.75, 3.05) is 0 Å². The van der Waals surface area contributed by atoms with Crippen LogP contribution in [0.15, 0.2) is 30.5 Å². The Morgan fingerprint density at radius 2 is 2.00 bits per heavy atom. The van der Waals surface area contributed by atoms with Gasteiger partial charge in [-0.1, -0.05) is 18.2 Å². The minimum atomic E-state index is -4.34. The predicted octanol–water partition coefficient (Wildman–Crippen LogP) is 3.59. The van der Waals surface area contributed by atoms with Gasteiger partial charge in [-0.25, -0.2) is 0 Å². The summed E-state index contributed by atoms with van der Waals surface area (Å²) in [6.45, 7) is 4.06. The van der Waals surface area contributed by atoms with Gasteiger partial charge in [0.1, 0.15) is 0 Å². The predicted molar refractivity (Wildman–Crippen MR) is 70.0 cm³/mol. The maximum Gasteiger partial charge on any atom is 0.416 e. The number of H-pyrrole nitrogens is 1.